The molecule has 1 aliphatic heterocycles. The first-order chi connectivity index (χ1) is 14.3. The molecule has 0 unspecified atom stereocenters. The SMILES string of the molecule is CC1(C)[C@@H]2C[C@H]3OB([C@@H](N)CCCCNC(=O)OCc4ccccc4)O[C@@]3(C)[C@H]1C2. The molecule has 7 heteroatoms. The largest absolute Gasteiger partial charge is 0.475 e. The molecule has 4 aliphatic rings. The zero-order chi connectivity index (χ0) is 21.4. The Morgan fingerprint density at radius 1 is 1.27 bits per heavy atom. The van der Waals surface area contributed by atoms with Crippen molar-refractivity contribution < 1.29 is 18.8 Å². The third-order valence-electron chi connectivity index (χ3n) is 7.76. The van der Waals surface area contributed by atoms with E-state index in [1.54, 1.807) is 0 Å². The van der Waals surface area contributed by atoms with E-state index in [1.807, 2.05) is 30.3 Å². The standard InChI is InChI=1S/C23H35BN2O4/c1-22(2)17-13-18(22)23(3)19(14-17)29-24(30-23)20(25)11-7-8-12-26-21(27)28-15-16-9-5-4-6-10-16/h4-6,9-10,17-20H,7-8,11-15,25H2,1-3H3,(H,26,27)/t17-,18-,19+,20-,23-/m0/s1. The number of rotatable bonds is 8. The Balaban J connectivity index is 1.12. The maximum Gasteiger partial charge on any atom is 0.475 e. The van der Waals surface area contributed by atoms with Gasteiger partial charge in [0.1, 0.15) is 6.61 Å². The van der Waals surface area contributed by atoms with Crippen LogP contribution in [0.4, 0.5) is 4.79 Å². The van der Waals surface area contributed by atoms with Gasteiger partial charge in [-0.3, -0.25) is 0 Å². The van der Waals surface area contributed by atoms with E-state index in [2.05, 4.69) is 26.1 Å². The van der Waals surface area contributed by atoms with Gasteiger partial charge in [-0.05, 0) is 55.4 Å². The molecule has 3 N–H and O–H groups in total. The molecule has 1 aromatic carbocycles. The van der Waals surface area contributed by atoms with Gasteiger partial charge in [-0.15, -0.1) is 0 Å². The highest BCUT2D eigenvalue weighted by molar-refractivity contribution is 6.47. The molecule has 3 aliphatic carbocycles. The van der Waals surface area contributed by atoms with Crippen LogP contribution in [0.1, 0.15) is 58.4 Å². The van der Waals surface area contributed by atoms with Crippen LogP contribution in [0, 0.1) is 17.3 Å². The van der Waals surface area contributed by atoms with Crippen molar-refractivity contribution >= 4 is 13.2 Å². The summed E-state index contributed by atoms with van der Waals surface area (Å²) >= 11 is 0. The maximum atomic E-state index is 11.8. The smallest absolute Gasteiger partial charge is 0.445 e. The second-order valence-electron chi connectivity index (χ2n) is 9.99. The molecule has 1 aromatic rings. The van der Waals surface area contributed by atoms with Gasteiger partial charge in [-0.25, -0.2) is 4.79 Å². The van der Waals surface area contributed by atoms with Gasteiger partial charge in [0.25, 0.3) is 0 Å². The highest BCUT2D eigenvalue weighted by Crippen LogP contribution is 2.65. The van der Waals surface area contributed by atoms with Crippen LogP contribution in [-0.4, -0.2) is 37.4 Å². The Morgan fingerprint density at radius 3 is 2.77 bits per heavy atom. The second kappa shape index (κ2) is 8.52. The van der Waals surface area contributed by atoms with Crippen LogP contribution in [0.3, 0.4) is 0 Å². The van der Waals surface area contributed by atoms with E-state index >= 15 is 0 Å². The van der Waals surface area contributed by atoms with Gasteiger partial charge in [0.05, 0.1) is 11.7 Å². The van der Waals surface area contributed by atoms with Crippen LogP contribution in [0.5, 0.6) is 0 Å². The lowest BCUT2D eigenvalue weighted by atomic mass is 9.43. The summed E-state index contributed by atoms with van der Waals surface area (Å²) in [6.07, 6.45) is 4.68. The lowest BCUT2D eigenvalue weighted by Gasteiger charge is -2.64. The van der Waals surface area contributed by atoms with Crippen molar-refractivity contribution in [3.8, 4) is 0 Å². The number of carbonyl (C=O) groups is 1. The van der Waals surface area contributed by atoms with Crippen molar-refractivity contribution in [1.82, 2.24) is 5.32 Å². The predicted molar refractivity (Wildman–Crippen MR) is 117 cm³/mol. The fourth-order valence-corrected chi connectivity index (χ4v) is 5.69. The fourth-order valence-electron chi connectivity index (χ4n) is 5.69. The Kier molecular flexibility index (Phi) is 6.15. The number of alkyl carbamates (subject to hydrolysis) is 1. The molecule has 3 saturated carbocycles. The minimum Gasteiger partial charge on any atom is -0.445 e. The third kappa shape index (κ3) is 4.12. The Hall–Kier alpha value is -1.57. The van der Waals surface area contributed by atoms with E-state index < -0.39 is 0 Å². The molecule has 0 aromatic heterocycles. The molecule has 1 amide bonds. The quantitative estimate of drug-likeness (QED) is 0.501. The van der Waals surface area contributed by atoms with Gasteiger partial charge >= 0.3 is 13.2 Å². The van der Waals surface area contributed by atoms with Crippen molar-refractivity contribution in [2.24, 2.45) is 23.0 Å². The zero-order valence-electron chi connectivity index (χ0n) is 18.4. The third-order valence-corrected chi connectivity index (χ3v) is 7.76. The average Bonchev–Trinajstić information content (AvgIpc) is 3.09. The van der Waals surface area contributed by atoms with Crippen molar-refractivity contribution in [3.63, 3.8) is 0 Å². The number of ether oxygens (including phenoxy) is 1. The lowest BCUT2D eigenvalue weighted by Crippen LogP contribution is -2.65. The molecule has 5 atom stereocenters. The lowest BCUT2D eigenvalue weighted by molar-refractivity contribution is -0.199. The first kappa shape index (κ1) is 21.7. The highest BCUT2D eigenvalue weighted by atomic mass is 16.7. The normalized spacial score (nSPS) is 32.1. The van der Waals surface area contributed by atoms with Gasteiger partial charge in [0.2, 0.25) is 0 Å². The summed E-state index contributed by atoms with van der Waals surface area (Å²) in [5.74, 6) is 1.15. The van der Waals surface area contributed by atoms with Gasteiger partial charge in [-0.1, -0.05) is 50.6 Å². The summed E-state index contributed by atoms with van der Waals surface area (Å²) in [5.41, 5.74) is 7.53. The van der Waals surface area contributed by atoms with E-state index in [-0.39, 0.29) is 37.5 Å². The molecule has 164 valence electrons. The molecular weight excluding hydrogens is 379 g/mol. The molecule has 4 fully saturated rings. The average molecular weight is 414 g/mol. The van der Waals surface area contributed by atoms with Crippen molar-refractivity contribution in [2.45, 2.75) is 77.1 Å². The Bertz CT molecular complexity index is 746. The van der Waals surface area contributed by atoms with Crippen LogP contribution in [-0.2, 0) is 20.7 Å². The molecule has 0 spiro atoms. The molecular formula is C23H35BN2O4. The summed E-state index contributed by atoms with van der Waals surface area (Å²) in [6.45, 7) is 7.80. The van der Waals surface area contributed by atoms with E-state index in [0.717, 1.165) is 37.2 Å². The predicted octanol–water partition coefficient (Wildman–Crippen LogP) is 3.68. The number of hydrogen-bond acceptors (Lipinski definition) is 5. The van der Waals surface area contributed by atoms with Gasteiger partial charge < -0.3 is 25.1 Å². The molecule has 6 nitrogen and oxygen atoms in total. The van der Waals surface area contributed by atoms with Crippen LogP contribution >= 0.6 is 0 Å². The van der Waals surface area contributed by atoms with Crippen molar-refractivity contribution in [1.29, 1.82) is 0 Å². The topological polar surface area (TPSA) is 82.8 Å². The summed E-state index contributed by atoms with van der Waals surface area (Å²) in [5, 5.41) is 2.80. The summed E-state index contributed by atoms with van der Waals surface area (Å²) in [4.78, 5) is 11.8. The minimum absolute atomic E-state index is 0.141. The van der Waals surface area contributed by atoms with E-state index in [9.17, 15) is 4.79 Å². The van der Waals surface area contributed by atoms with Gasteiger partial charge in [0, 0.05) is 12.5 Å². The summed E-state index contributed by atoms with van der Waals surface area (Å²) in [6, 6.07) is 9.66. The first-order valence-corrected chi connectivity index (χ1v) is 11.3. The first-order valence-electron chi connectivity index (χ1n) is 11.3. The van der Waals surface area contributed by atoms with Crippen LogP contribution < -0.4 is 11.1 Å². The van der Waals surface area contributed by atoms with Crippen molar-refractivity contribution in [3.05, 3.63) is 35.9 Å². The maximum absolute atomic E-state index is 11.8. The monoisotopic (exact) mass is 414 g/mol. The molecule has 2 bridgehead atoms. The number of amides is 1. The number of nitrogens with two attached hydrogens (primary N) is 1. The number of benzene rings is 1. The Labute approximate surface area is 180 Å². The van der Waals surface area contributed by atoms with Gasteiger partial charge in [0.15, 0.2) is 0 Å². The van der Waals surface area contributed by atoms with E-state index in [4.69, 9.17) is 19.8 Å². The number of carbonyl (C=O) groups excluding carboxylic acids is 1. The molecule has 30 heavy (non-hydrogen) atoms. The van der Waals surface area contributed by atoms with E-state index in [1.165, 1.54) is 6.42 Å². The van der Waals surface area contributed by atoms with Crippen LogP contribution in [0.15, 0.2) is 30.3 Å². The molecule has 5 rings (SSSR count). The van der Waals surface area contributed by atoms with Crippen LogP contribution in [0.2, 0.25) is 0 Å². The summed E-state index contributed by atoms with van der Waals surface area (Å²) < 4.78 is 17.9. The minimum atomic E-state index is -0.385. The second-order valence-corrected chi connectivity index (χ2v) is 9.99. The fraction of sp³-hybridized carbons (Fsp3) is 0.696. The molecule has 1 heterocycles. The molecule has 1 saturated heterocycles. The molecule has 0 radical (unpaired) electrons. The van der Waals surface area contributed by atoms with Gasteiger partial charge in [-0.2, -0.15) is 0 Å². The van der Waals surface area contributed by atoms with Crippen LogP contribution in [0.25, 0.3) is 0 Å². The van der Waals surface area contributed by atoms with E-state index in [0.29, 0.717) is 17.9 Å². The van der Waals surface area contributed by atoms with Crippen molar-refractivity contribution in [2.75, 3.05) is 6.54 Å². The number of nitrogens with one attached hydrogen (secondary N) is 1. The summed E-state index contributed by atoms with van der Waals surface area (Å²) in [7, 11) is -0.320. The Morgan fingerprint density at radius 2 is 2.03 bits per heavy atom. The number of unbranched alkanes of at least 4 members (excludes halogenated alkanes) is 1. The highest BCUT2D eigenvalue weighted by Gasteiger charge is 2.68. The number of hydrogen-bond donors (Lipinski definition) is 2. The zero-order valence-corrected chi connectivity index (χ0v) is 18.4.